The highest BCUT2D eigenvalue weighted by atomic mass is 35.5. The number of nitrogens with zero attached hydrogens (tertiary/aromatic N) is 4. The minimum Gasteiger partial charge on any atom is -0.476 e. The molecule has 0 unspecified atom stereocenters. The third-order valence-electron chi connectivity index (χ3n) is 4.54. The number of hydrogen-bond acceptors (Lipinski definition) is 7. The predicted molar refractivity (Wildman–Crippen MR) is 118 cm³/mol. The third-order valence-corrected chi connectivity index (χ3v) is 6.95. The summed E-state index contributed by atoms with van der Waals surface area (Å²) in [6.07, 6.45) is 1.14. The Labute approximate surface area is 186 Å². The van der Waals surface area contributed by atoms with Gasteiger partial charge in [0.2, 0.25) is 0 Å². The molecular formula is C20H15ClN4O4S2. The van der Waals surface area contributed by atoms with Crippen LogP contribution in [-0.4, -0.2) is 45.7 Å². The maximum absolute atomic E-state index is 11.9. The Kier molecular flexibility index (Phi) is 5.38. The molecule has 0 fully saturated rings. The second-order valence-corrected chi connectivity index (χ2v) is 10.1. The van der Waals surface area contributed by atoms with E-state index in [1.807, 2.05) is 0 Å². The van der Waals surface area contributed by atoms with Crippen LogP contribution in [0.1, 0.15) is 16.1 Å². The molecule has 0 atom stereocenters. The lowest BCUT2D eigenvalue weighted by molar-refractivity contribution is 0.0689. The fourth-order valence-corrected chi connectivity index (χ4v) is 4.85. The molecular weight excluding hydrogens is 460 g/mol. The molecule has 158 valence electrons. The van der Waals surface area contributed by atoms with Crippen LogP contribution in [-0.2, 0) is 9.84 Å². The van der Waals surface area contributed by atoms with E-state index in [-0.39, 0.29) is 10.6 Å². The van der Waals surface area contributed by atoms with Gasteiger partial charge >= 0.3 is 5.97 Å². The second kappa shape index (κ2) is 7.88. The Bertz CT molecular complexity index is 1430. The Balaban J connectivity index is 1.88. The molecule has 2 heterocycles. The highest BCUT2D eigenvalue weighted by Gasteiger charge is 2.25. The zero-order valence-corrected chi connectivity index (χ0v) is 18.7. The highest BCUT2D eigenvalue weighted by Crippen LogP contribution is 2.36. The first-order valence-electron chi connectivity index (χ1n) is 8.89. The van der Waals surface area contributed by atoms with E-state index >= 15 is 0 Å². The third kappa shape index (κ3) is 3.97. The topological polar surface area (TPSA) is 115 Å². The number of carboxylic acids is 1. The SMILES string of the molecule is Cc1c(C(=O)O)nn(-c2ccccc2Cl)c1-c1nnc(-c2cccc(S(C)(=O)=O)c2)s1. The average Bonchev–Trinajstić information content (AvgIpc) is 3.32. The summed E-state index contributed by atoms with van der Waals surface area (Å²) >= 11 is 7.52. The van der Waals surface area contributed by atoms with Crippen molar-refractivity contribution >= 4 is 38.7 Å². The molecule has 2 aromatic carbocycles. The van der Waals surface area contributed by atoms with Gasteiger partial charge < -0.3 is 5.11 Å². The number of carboxylic acid groups (broad SMARTS) is 1. The smallest absolute Gasteiger partial charge is 0.356 e. The summed E-state index contributed by atoms with van der Waals surface area (Å²) in [7, 11) is -3.38. The largest absolute Gasteiger partial charge is 0.476 e. The lowest BCUT2D eigenvalue weighted by atomic mass is 10.2. The molecule has 4 rings (SSSR count). The number of para-hydroxylation sites is 1. The molecule has 0 saturated carbocycles. The van der Waals surface area contributed by atoms with Gasteiger partial charge in [-0.25, -0.2) is 17.9 Å². The fourth-order valence-electron chi connectivity index (χ4n) is 3.04. The molecule has 8 nitrogen and oxygen atoms in total. The van der Waals surface area contributed by atoms with Crippen LogP contribution in [0.5, 0.6) is 0 Å². The van der Waals surface area contributed by atoms with Crippen LogP contribution >= 0.6 is 22.9 Å². The van der Waals surface area contributed by atoms with Crippen LogP contribution in [0.2, 0.25) is 5.02 Å². The van der Waals surface area contributed by atoms with Gasteiger partial charge in [-0.15, -0.1) is 10.2 Å². The van der Waals surface area contributed by atoms with Crippen molar-refractivity contribution in [3.63, 3.8) is 0 Å². The molecule has 31 heavy (non-hydrogen) atoms. The van der Waals surface area contributed by atoms with Crippen LogP contribution in [0.3, 0.4) is 0 Å². The van der Waals surface area contributed by atoms with Crippen LogP contribution in [0, 0.1) is 6.92 Å². The van der Waals surface area contributed by atoms with Crippen molar-refractivity contribution in [3.05, 3.63) is 64.8 Å². The van der Waals surface area contributed by atoms with E-state index in [1.54, 1.807) is 43.3 Å². The molecule has 1 N–H and O–H groups in total. The molecule has 0 spiro atoms. The number of aromatic carboxylic acids is 1. The number of halogens is 1. The van der Waals surface area contributed by atoms with Gasteiger partial charge in [0, 0.05) is 17.4 Å². The molecule has 4 aromatic rings. The highest BCUT2D eigenvalue weighted by molar-refractivity contribution is 7.90. The van der Waals surface area contributed by atoms with E-state index in [1.165, 1.54) is 28.2 Å². The van der Waals surface area contributed by atoms with Crippen LogP contribution in [0.25, 0.3) is 27.0 Å². The van der Waals surface area contributed by atoms with Crippen LogP contribution < -0.4 is 0 Å². The first kappa shape index (κ1) is 21.2. The van der Waals surface area contributed by atoms with E-state index in [2.05, 4.69) is 15.3 Å². The second-order valence-electron chi connectivity index (χ2n) is 6.70. The van der Waals surface area contributed by atoms with E-state index < -0.39 is 15.8 Å². The predicted octanol–water partition coefficient (Wildman–Crippen LogP) is 4.12. The Morgan fingerprint density at radius 3 is 2.48 bits per heavy atom. The standard InChI is InChI=1S/C20H15ClN4O4S2/c1-11-16(20(26)27)24-25(15-9-4-3-8-14(15)21)17(11)19-23-22-18(30-19)12-6-5-7-13(10-12)31(2,28)29/h3-10H,1-2H3,(H,26,27). The van der Waals surface area contributed by atoms with E-state index in [0.29, 0.717) is 37.5 Å². The fraction of sp³-hybridized carbons (Fsp3) is 0.100. The molecule has 0 aliphatic carbocycles. The molecule has 0 radical (unpaired) electrons. The molecule has 0 aliphatic heterocycles. The minimum absolute atomic E-state index is 0.120. The molecule has 0 aliphatic rings. The normalized spacial score (nSPS) is 11.6. The first-order valence-corrected chi connectivity index (χ1v) is 12.0. The summed E-state index contributed by atoms with van der Waals surface area (Å²) in [5.74, 6) is -1.17. The van der Waals surface area contributed by atoms with Crippen molar-refractivity contribution in [2.24, 2.45) is 0 Å². The van der Waals surface area contributed by atoms with Gasteiger partial charge in [-0.05, 0) is 31.2 Å². The summed E-state index contributed by atoms with van der Waals surface area (Å²) in [5.41, 5.74) is 1.84. The summed E-state index contributed by atoms with van der Waals surface area (Å²) < 4.78 is 25.2. The summed E-state index contributed by atoms with van der Waals surface area (Å²) in [4.78, 5) is 11.9. The van der Waals surface area contributed by atoms with Gasteiger partial charge in [0.05, 0.1) is 15.6 Å². The van der Waals surface area contributed by atoms with Crippen LogP contribution in [0.4, 0.5) is 0 Å². The minimum atomic E-state index is -3.38. The van der Waals surface area contributed by atoms with E-state index in [0.717, 1.165) is 6.26 Å². The van der Waals surface area contributed by atoms with Crippen molar-refractivity contribution in [3.8, 4) is 27.0 Å². The number of hydrogen-bond donors (Lipinski definition) is 1. The maximum atomic E-state index is 11.9. The number of aromatic nitrogens is 4. The van der Waals surface area contributed by atoms with Gasteiger partial charge in [-0.2, -0.15) is 5.10 Å². The van der Waals surface area contributed by atoms with Gasteiger partial charge in [-0.1, -0.05) is 47.2 Å². The van der Waals surface area contributed by atoms with E-state index in [4.69, 9.17) is 11.6 Å². The lowest BCUT2D eigenvalue weighted by Gasteiger charge is -2.07. The number of benzene rings is 2. The van der Waals surface area contributed by atoms with E-state index in [9.17, 15) is 18.3 Å². The molecule has 0 saturated heterocycles. The van der Waals surface area contributed by atoms with Crippen molar-refractivity contribution in [2.45, 2.75) is 11.8 Å². The summed E-state index contributed by atoms with van der Waals surface area (Å²) in [6.45, 7) is 1.64. The summed E-state index contributed by atoms with van der Waals surface area (Å²) in [5, 5.41) is 23.5. The quantitative estimate of drug-likeness (QED) is 0.462. The Hall–Kier alpha value is -3.08. The van der Waals surface area contributed by atoms with Crippen molar-refractivity contribution in [1.29, 1.82) is 0 Å². The van der Waals surface area contributed by atoms with Crippen molar-refractivity contribution < 1.29 is 18.3 Å². The Morgan fingerprint density at radius 2 is 1.81 bits per heavy atom. The van der Waals surface area contributed by atoms with Gasteiger partial charge in [0.25, 0.3) is 0 Å². The zero-order valence-electron chi connectivity index (χ0n) is 16.3. The zero-order chi connectivity index (χ0) is 22.3. The van der Waals surface area contributed by atoms with Gasteiger partial charge in [-0.3, -0.25) is 0 Å². The lowest BCUT2D eigenvalue weighted by Crippen LogP contribution is -2.02. The monoisotopic (exact) mass is 474 g/mol. The van der Waals surface area contributed by atoms with Gasteiger partial charge in [0.15, 0.2) is 20.5 Å². The Morgan fingerprint density at radius 1 is 1.10 bits per heavy atom. The van der Waals surface area contributed by atoms with Gasteiger partial charge in [0.1, 0.15) is 10.7 Å². The molecule has 11 heteroatoms. The number of rotatable bonds is 5. The van der Waals surface area contributed by atoms with Crippen LogP contribution in [0.15, 0.2) is 53.4 Å². The molecule has 2 aromatic heterocycles. The average molecular weight is 475 g/mol. The van der Waals surface area contributed by atoms with Crippen molar-refractivity contribution in [2.75, 3.05) is 6.26 Å². The molecule has 0 amide bonds. The first-order chi connectivity index (χ1) is 14.7. The number of carbonyl (C=O) groups is 1. The summed E-state index contributed by atoms with van der Waals surface area (Å²) in [6, 6.07) is 13.3. The maximum Gasteiger partial charge on any atom is 0.356 e. The van der Waals surface area contributed by atoms with Crippen molar-refractivity contribution in [1.82, 2.24) is 20.0 Å². The molecule has 0 bridgehead atoms. The number of sulfone groups is 1.